The summed E-state index contributed by atoms with van der Waals surface area (Å²) >= 11 is 1.60. The lowest BCUT2D eigenvalue weighted by molar-refractivity contribution is -0.139. The van der Waals surface area contributed by atoms with Crippen LogP contribution in [-0.2, 0) is 14.3 Å². The maximum absolute atomic E-state index is 12.8. The first-order valence-corrected chi connectivity index (χ1v) is 13.0. The summed E-state index contributed by atoms with van der Waals surface area (Å²) in [6.07, 6.45) is 3.25. The lowest BCUT2D eigenvalue weighted by Crippen LogP contribution is -2.53. The summed E-state index contributed by atoms with van der Waals surface area (Å²) in [5, 5.41) is 14.6. The summed E-state index contributed by atoms with van der Waals surface area (Å²) in [5.74, 6) is -0.292. The Balaban J connectivity index is 1.33. The van der Waals surface area contributed by atoms with Crippen LogP contribution in [-0.4, -0.2) is 53.8 Å². The van der Waals surface area contributed by atoms with E-state index in [1.807, 2.05) is 30.5 Å². The van der Waals surface area contributed by atoms with Crippen LogP contribution >= 0.6 is 11.8 Å². The number of nitrogens with one attached hydrogen (secondary N) is 2. The van der Waals surface area contributed by atoms with Crippen molar-refractivity contribution in [2.24, 2.45) is 5.92 Å². The highest BCUT2D eigenvalue weighted by molar-refractivity contribution is 7.98. The fourth-order valence-corrected chi connectivity index (χ4v) is 5.33. The molecule has 1 saturated carbocycles. The average molecular weight is 483 g/mol. The summed E-state index contributed by atoms with van der Waals surface area (Å²) in [4.78, 5) is 36.3. The van der Waals surface area contributed by atoms with Crippen LogP contribution in [0.5, 0.6) is 0 Å². The van der Waals surface area contributed by atoms with Crippen LogP contribution < -0.4 is 10.6 Å². The molecule has 2 aliphatic carbocycles. The molecule has 180 valence electrons. The fraction of sp³-hybridized carbons (Fsp3) is 0.423. The lowest BCUT2D eigenvalue weighted by atomic mass is 9.78. The van der Waals surface area contributed by atoms with Crippen molar-refractivity contribution in [2.75, 3.05) is 18.6 Å². The Morgan fingerprint density at radius 2 is 1.68 bits per heavy atom. The quantitative estimate of drug-likeness (QED) is 0.473. The van der Waals surface area contributed by atoms with E-state index in [2.05, 4.69) is 34.9 Å². The number of carbonyl (C=O) groups is 3. The van der Waals surface area contributed by atoms with E-state index < -0.39 is 18.1 Å². The third kappa shape index (κ3) is 5.55. The zero-order chi connectivity index (χ0) is 24.1. The molecule has 0 spiro atoms. The number of hydrogen-bond acceptors (Lipinski definition) is 5. The van der Waals surface area contributed by atoms with E-state index in [0.29, 0.717) is 25.0 Å². The van der Waals surface area contributed by atoms with Gasteiger partial charge in [-0.3, -0.25) is 9.59 Å². The van der Waals surface area contributed by atoms with E-state index in [0.717, 1.165) is 22.3 Å². The normalized spacial score (nSPS) is 19.3. The van der Waals surface area contributed by atoms with Crippen molar-refractivity contribution in [3.8, 4) is 11.1 Å². The van der Waals surface area contributed by atoms with Crippen molar-refractivity contribution in [3.05, 3.63) is 59.7 Å². The number of carboxylic acids is 1. The molecule has 0 radical (unpaired) electrons. The maximum atomic E-state index is 12.8. The SMILES string of the molecule is CSCCC(NC(=O)OCC1c2ccccc2-c2ccccc21)C(=O)NC1CC(CC(=O)O)C1. The molecule has 1 unspecified atom stereocenters. The Bertz CT molecular complexity index is 1010. The summed E-state index contributed by atoms with van der Waals surface area (Å²) in [6.45, 7) is 0.191. The van der Waals surface area contributed by atoms with Crippen LogP contribution in [0.25, 0.3) is 11.1 Å². The van der Waals surface area contributed by atoms with E-state index in [1.54, 1.807) is 11.8 Å². The molecule has 0 heterocycles. The van der Waals surface area contributed by atoms with Crippen LogP contribution in [0.15, 0.2) is 48.5 Å². The van der Waals surface area contributed by atoms with Crippen molar-refractivity contribution in [3.63, 3.8) is 0 Å². The Morgan fingerprint density at radius 1 is 1.06 bits per heavy atom. The highest BCUT2D eigenvalue weighted by atomic mass is 32.2. The predicted molar refractivity (Wildman–Crippen MR) is 132 cm³/mol. The highest BCUT2D eigenvalue weighted by Gasteiger charge is 2.34. The molecule has 2 amide bonds. The molecule has 34 heavy (non-hydrogen) atoms. The number of aliphatic carboxylic acids is 1. The summed E-state index contributed by atoms with van der Waals surface area (Å²) in [5.41, 5.74) is 4.58. The average Bonchev–Trinajstić information content (AvgIpc) is 3.12. The summed E-state index contributed by atoms with van der Waals surface area (Å²) < 4.78 is 5.60. The molecular weight excluding hydrogens is 452 g/mol. The van der Waals surface area contributed by atoms with E-state index >= 15 is 0 Å². The minimum Gasteiger partial charge on any atom is -0.481 e. The van der Waals surface area contributed by atoms with Gasteiger partial charge in [0.15, 0.2) is 0 Å². The first-order chi connectivity index (χ1) is 16.5. The van der Waals surface area contributed by atoms with Gasteiger partial charge >= 0.3 is 12.1 Å². The van der Waals surface area contributed by atoms with Crippen molar-refractivity contribution in [2.45, 2.75) is 43.7 Å². The van der Waals surface area contributed by atoms with Crippen LogP contribution in [0.1, 0.15) is 42.7 Å². The summed E-state index contributed by atoms with van der Waals surface area (Å²) in [7, 11) is 0. The minimum absolute atomic E-state index is 0.0436. The zero-order valence-electron chi connectivity index (χ0n) is 19.2. The molecule has 2 aromatic rings. The van der Waals surface area contributed by atoms with Crippen LogP contribution in [0.2, 0.25) is 0 Å². The molecule has 3 N–H and O–H groups in total. The monoisotopic (exact) mass is 482 g/mol. The van der Waals surface area contributed by atoms with Crippen LogP contribution in [0.4, 0.5) is 4.79 Å². The molecule has 8 heteroatoms. The molecule has 2 aromatic carbocycles. The largest absolute Gasteiger partial charge is 0.481 e. The standard InChI is InChI=1S/C26H30N2O5S/c1-34-11-10-23(25(31)27-17-12-16(13-17)14-24(29)30)28-26(32)33-15-22-20-8-4-2-6-18(20)19-7-3-5-9-21(19)22/h2-9,16-17,22-23H,10-15H2,1H3,(H,27,31)(H,28,32)(H,29,30). The topological polar surface area (TPSA) is 105 Å². The zero-order valence-corrected chi connectivity index (χ0v) is 20.0. The number of amides is 2. The Hall–Kier alpha value is -3.00. The molecule has 0 aromatic heterocycles. The van der Waals surface area contributed by atoms with Gasteiger partial charge in [-0.1, -0.05) is 48.5 Å². The second-order valence-electron chi connectivity index (χ2n) is 8.94. The predicted octanol–water partition coefficient (Wildman–Crippen LogP) is 4.02. The smallest absolute Gasteiger partial charge is 0.407 e. The van der Waals surface area contributed by atoms with Crippen LogP contribution in [0.3, 0.4) is 0 Å². The number of alkyl carbamates (subject to hydrolysis) is 1. The molecule has 0 bridgehead atoms. The second kappa shape index (κ2) is 11.0. The van der Waals surface area contributed by atoms with Crippen molar-refractivity contribution in [1.82, 2.24) is 10.6 Å². The molecule has 1 atom stereocenters. The Morgan fingerprint density at radius 3 is 2.26 bits per heavy atom. The van der Waals surface area contributed by atoms with Gasteiger partial charge in [-0.15, -0.1) is 0 Å². The highest BCUT2D eigenvalue weighted by Crippen LogP contribution is 2.44. The first kappa shape index (κ1) is 24.1. The Labute approximate surface area is 203 Å². The van der Waals surface area contributed by atoms with Gasteiger partial charge in [0, 0.05) is 18.4 Å². The third-order valence-electron chi connectivity index (χ3n) is 6.61. The number of benzene rings is 2. The second-order valence-corrected chi connectivity index (χ2v) is 9.93. The first-order valence-electron chi connectivity index (χ1n) is 11.6. The van der Waals surface area contributed by atoms with Gasteiger partial charge < -0.3 is 20.5 Å². The number of hydrogen-bond donors (Lipinski definition) is 3. The van der Waals surface area contributed by atoms with Crippen molar-refractivity contribution >= 4 is 29.7 Å². The number of ether oxygens (including phenoxy) is 1. The van der Waals surface area contributed by atoms with E-state index in [-0.39, 0.29) is 36.8 Å². The van der Waals surface area contributed by atoms with E-state index in [9.17, 15) is 14.4 Å². The third-order valence-corrected chi connectivity index (χ3v) is 7.25. The number of fused-ring (bicyclic) bond motifs is 3. The van der Waals surface area contributed by atoms with E-state index in [1.165, 1.54) is 0 Å². The fourth-order valence-electron chi connectivity index (χ4n) is 4.86. The van der Waals surface area contributed by atoms with Gasteiger partial charge in [0.25, 0.3) is 0 Å². The van der Waals surface area contributed by atoms with Gasteiger partial charge in [0.05, 0.1) is 0 Å². The molecule has 7 nitrogen and oxygen atoms in total. The Kier molecular flexibility index (Phi) is 7.77. The van der Waals surface area contributed by atoms with Crippen molar-refractivity contribution in [1.29, 1.82) is 0 Å². The van der Waals surface area contributed by atoms with Gasteiger partial charge in [0.2, 0.25) is 5.91 Å². The number of carbonyl (C=O) groups excluding carboxylic acids is 2. The van der Waals surface area contributed by atoms with Crippen molar-refractivity contribution < 1.29 is 24.2 Å². The van der Waals surface area contributed by atoms with E-state index in [4.69, 9.17) is 9.84 Å². The number of thioether (sulfide) groups is 1. The van der Waals surface area contributed by atoms with Crippen LogP contribution in [0, 0.1) is 5.92 Å². The summed E-state index contributed by atoms with van der Waals surface area (Å²) in [6, 6.07) is 15.5. The number of rotatable bonds is 10. The lowest BCUT2D eigenvalue weighted by Gasteiger charge is -2.35. The molecule has 2 aliphatic rings. The maximum Gasteiger partial charge on any atom is 0.407 e. The molecule has 0 saturated heterocycles. The van der Waals surface area contributed by atoms with Gasteiger partial charge in [-0.05, 0) is 59.4 Å². The van der Waals surface area contributed by atoms with Gasteiger partial charge in [-0.2, -0.15) is 11.8 Å². The minimum atomic E-state index is -0.815. The molecule has 0 aliphatic heterocycles. The number of carboxylic acid groups (broad SMARTS) is 1. The van der Waals surface area contributed by atoms with Gasteiger partial charge in [-0.25, -0.2) is 4.79 Å². The molecular formula is C26H30N2O5S. The molecule has 1 fully saturated rings. The van der Waals surface area contributed by atoms with Gasteiger partial charge in [0.1, 0.15) is 12.6 Å². The molecule has 4 rings (SSSR count).